The minimum atomic E-state index is -3.10. The van der Waals surface area contributed by atoms with Crippen LogP contribution < -0.4 is 4.72 Å². The molecule has 0 spiro atoms. The van der Waals surface area contributed by atoms with E-state index in [1.54, 1.807) is 0 Å². The lowest BCUT2D eigenvalue weighted by Crippen LogP contribution is -2.28. The van der Waals surface area contributed by atoms with Gasteiger partial charge >= 0.3 is 0 Å². The van der Waals surface area contributed by atoms with Gasteiger partial charge in [0.1, 0.15) is 0 Å². The first-order valence-electron chi connectivity index (χ1n) is 7.43. The normalized spacial score (nSPS) is 12.3. The van der Waals surface area contributed by atoms with E-state index in [1.807, 2.05) is 6.92 Å². The molecule has 0 amide bonds. The van der Waals surface area contributed by atoms with E-state index >= 15 is 0 Å². The molecule has 1 heterocycles. The van der Waals surface area contributed by atoms with Crippen molar-refractivity contribution in [3.8, 4) is 0 Å². The van der Waals surface area contributed by atoms with E-state index in [0.29, 0.717) is 12.6 Å². The fourth-order valence-corrected chi connectivity index (χ4v) is 3.87. The van der Waals surface area contributed by atoms with Crippen LogP contribution in [-0.2, 0) is 16.4 Å². The van der Waals surface area contributed by atoms with Crippen molar-refractivity contribution in [3.63, 3.8) is 0 Å². The molecule has 0 unspecified atom stereocenters. The molecule has 0 aliphatic heterocycles. The molecule has 1 aromatic rings. The number of aryl methyl sites for hydroxylation is 1. The highest BCUT2D eigenvalue weighted by Gasteiger charge is 2.13. The maximum atomic E-state index is 11.7. The van der Waals surface area contributed by atoms with Gasteiger partial charge in [-0.05, 0) is 52.2 Å². The van der Waals surface area contributed by atoms with Gasteiger partial charge in [-0.3, -0.25) is 0 Å². The van der Waals surface area contributed by atoms with Gasteiger partial charge in [-0.25, -0.2) is 13.1 Å². The molecule has 4 nitrogen and oxygen atoms in total. The zero-order valence-corrected chi connectivity index (χ0v) is 14.2. The van der Waals surface area contributed by atoms with Crippen LogP contribution in [0.15, 0.2) is 6.07 Å². The third kappa shape index (κ3) is 4.63. The first kappa shape index (κ1) is 17.2. The van der Waals surface area contributed by atoms with Crippen molar-refractivity contribution < 1.29 is 8.42 Å². The smallest absolute Gasteiger partial charge is 0.211 e. The van der Waals surface area contributed by atoms with Gasteiger partial charge in [-0.2, -0.15) is 0 Å². The summed E-state index contributed by atoms with van der Waals surface area (Å²) >= 11 is 0. The second kappa shape index (κ2) is 7.27. The maximum absolute atomic E-state index is 11.7. The Kier molecular flexibility index (Phi) is 6.27. The predicted molar refractivity (Wildman–Crippen MR) is 84.7 cm³/mol. The number of sulfonamides is 1. The van der Waals surface area contributed by atoms with E-state index in [0.717, 1.165) is 19.3 Å². The minimum Gasteiger partial charge on any atom is -0.346 e. The zero-order chi connectivity index (χ0) is 15.3. The molecule has 1 N–H and O–H groups in total. The molecule has 0 aromatic carbocycles. The Morgan fingerprint density at radius 1 is 1.30 bits per heavy atom. The Morgan fingerprint density at radius 2 is 1.95 bits per heavy atom. The monoisotopic (exact) mass is 300 g/mol. The summed E-state index contributed by atoms with van der Waals surface area (Å²) in [7, 11) is -3.10. The molecule has 0 aliphatic rings. The molecule has 5 heteroatoms. The zero-order valence-electron chi connectivity index (χ0n) is 13.4. The second-order valence-corrected chi connectivity index (χ2v) is 7.60. The van der Waals surface area contributed by atoms with Crippen molar-refractivity contribution >= 4 is 10.0 Å². The first-order valence-corrected chi connectivity index (χ1v) is 9.08. The number of hydrogen-bond donors (Lipinski definition) is 1. The summed E-state index contributed by atoms with van der Waals surface area (Å²) in [5, 5.41) is 0. The molecular formula is C15H28N2O2S. The number of rotatable bonds is 8. The van der Waals surface area contributed by atoms with E-state index in [1.165, 1.54) is 17.0 Å². The summed E-state index contributed by atoms with van der Waals surface area (Å²) in [5.41, 5.74) is 3.71. The molecule has 0 aliphatic carbocycles. The van der Waals surface area contributed by atoms with Crippen molar-refractivity contribution in [1.29, 1.82) is 0 Å². The van der Waals surface area contributed by atoms with Crippen molar-refractivity contribution in [1.82, 2.24) is 9.29 Å². The molecule has 0 fully saturated rings. The Bertz CT molecular complexity index is 530. The van der Waals surface area contributed by atoms with Gasteiger partial charge in [0, 0.05) is 24.0 Å². The van der Waals surface area contributed by atoms with E-state index in [-0.39, 0.29) is 5.75 Å². The van der Waals surface area contributed by atoms with Gasteiger partial charge in [-0.15, -0.1) is 0 Å². The predicted octanol–water partition coefficient (Wildman–Crippen LogP) is 2.95. The van der Waals surface area contributed by atoms with Crippen molar-refractivity contribution in [2.75, 3.05) is 12.3 Å². The van der Waals surface area contributed by atoms with Crippen LogP contribution in [0.2, 0.25) is 0 Å². The highest BCUT2D eigenvalue weighted by Crippen LogP contribution is 2.20. The average molecular weight is 300 g/mol. The molecule has 1 rings (SSSR count). The number of aromatic nitrogens is 1. The molecule has 0 radical (unpaired) electrons. The van der Waals surface area contributed by atoms with Gasteiger partial charge in [0.25, 0.3) is 0 Å². The Hall–Kier alpha value is -0.810. The largest absolute Gasteiger partial charge is 0.346 e. The lowest BCUT2D eigenvalue weighted by atomic mass is 10.2. The Morgan fingerprint density at radius 3 is 2.45 bits per heavy atom. The van der Waals surface area contributed by atoms with Gasteiger partial charge in [0.2, 0.25) is 10.0 Å². The SMILES string of the molecule is CCCCS(=O)(=O)NCCc1cc(C)n(C(C)C)c1C. The van der Waals surface area contributed by atoms with Crippen molar-refractivity contribution in [3.05, 3.63) is 23.0 Å². The summed E-state index contributed by atoms with van der Waals surface area (Å²) in [6.07, 6.45) is 2.37. The Balaban J connectivity index is 2.61. The van der Waals surface area contributed by atoms with E-state index < -0.39 is 10.0 Å². The highest BCUT2D eigenvalue weighted by atomic mass is 32.2. The van der Waals surface area contributed by atoms with Crippen LogP contribution in [0.5, 0.6) is 0 Å². The van der Waals surface area contributed by atoms with Gasteiger partial charge in [0.05, 0.1) is 5.75 Å². The molecule has 0 saturated carbocycles. The summed E-state index contributed by atoms with van der Waals surface area (Å²) in [5.74, 6) is 0.231. The van der Waals surface area contributed by atoms with Crippen molar-refractivity contribution in [2.24, 2.45) is 0 Å². The molecule has 1 aromatic heterocycles. The molecule has 0 bridgehead atoms. The quantitative estimate of drug-likeness (QED) is 0.802. The van der Waals surface area contributed by atoms with Crippen LogP contribution >= 0.6 is 0 Å². The van der Waals surface area contributed by atoms with Crippen LogP contribution in [0.25, 0.3) is 0 Å². The van der Waals surface area contributed by atoms with E-state index in [9.17, 15) is 8.42 Å². The van der Waals surface area contributed by atoms with Crippen LogP contribution in [0.4, 0.5) is 0 Å². The lowest BCUT2D eigenvalue weighted by molar-refractivity contribution is 0.570. The summed E-state index contributed by atoms with van der Waals surface area (Å²) in [6.45, 7) is 11.0. The second-order valence-electron chi connectivity index (χ2n) is 5.68. The Labute approximate surface area is 123 Å². The number of unbranched alkanes of at least 4 members (excludes halogenated alkanes) is 1. The molecule has 0 saturated heterocycles. The topological polar surface area (TPSA) is 51.1 Å². The van der Waals surface area contributed by atoms with Crippen LogP contribution in [-0.4, -0.2) is 25.3 Å². The van der Waals surface area contributed by atoms with Gasteiger partial charge in [-0.1, -0.05) is 13.3 Å². The third-order valence-corrected chi connectivity index (χ3v) is 5.06. The summed E-state index contributed by atoms with van der Waals surface area (Å²) in [6, 6.07) is 2.60. The molecule has 0 atom stereocenters. The average Bonchev–Trinajstić information content (AvgIpc) is 2.62. The van der Waals surface area contributed by atoms with E-state index in [4.69, 9.17) is 0 Å². The van der Waals surface area contributed by atoms with Crippen LogP contribution in [0, 0.1) is 13.8 Å². The first-order chi connectivity index (χ1) is 9.28. The third-order valence-electron chi connectivity index (χ3n) is 3.59. The van der Waals surface area contributed by atoms with Gasteiger partial charge < -0.3 is 4.57 Å². The summed E-state index contributed by atoms with van der Waals surface area (Å²) < 4.78 is 28.4. The number of nitrogens with one attached hydrogen (secondary N) is 1. The highest BCUT2D eigenvalue weighted by molar-refractivity contribution is 7.89. The molecular weight excluding hydrogens is 272 g/mol. The fraction of sp³-hybridized carbons (Fsp3) is 0.733. The summed E-state index contributed by atoms with van der Waals surface area (Å²) in [4.78, 5) is 0. The minimum absolute atomic E-state index is 0.231. The van der Waals surface area contributed by atoms with E-state index in [2.05, 4.69) is 43.1 Å². The van der Waals surface area contributed by atoms with Gasteiger partial charge in [0.15, 0.2) is 0 Å². The van der Waals surface area contributed by atoms with Crippen molar-refractivity contribution in [2.45, 2.75) is 59.9 Å². The molecule has 116 valence electrons. The van der Waals surface area contributed by atoms with Crippen LogP contribution in [0.3, 0.4) is 0 Å². The fourth-order valence-electron chi connectivity index (χ4n) is 2.64. The lowest BCUT2D eigenvalue weighted by Gasteiger charge is -2.14. The maximum Gasteiger partial charge on any atom is 0.211 e. The standard InChI is InChI=1S/C15H28N2O2S/c1-6-7-10-20(18,19)16-9-8-15-11-13(4)17(12(2)3)14(15)5/h11-12,16H,6-10H2,1-5H3. The number of hydrogen-bond acceptors (Lipinski definition) is 2. The van der Waals surface area contributed by atoms with Crippen LogP contribution in [0.1, 0.15) is 56.6 Å². The number of nitrogens with zero attached hydrogens (tertiary/aromatic N) is 1. The molecule has 20 heavy (non-hydrogen) atoms.